The fourth-order valence-electron chi connectivity index (χ4n) is 5.05. The highest BCUT2D eigenvalue weighted by Crippen LogP contribution is 2.34. The van der Waals surface area contributed by atoms with Crippen molar-refractivity contribution in [3.63, 3.8) is 0 Å². The van der Waals surface area contributed by atoms with Crippen LogP contribution in [0.1, 0.15) is 48.4 Å². The maximum Gasteiger partial charge on any atom is 0.223 e. The number of amides is 1. The second kappa shape index (κ2) is 9.69. The normalized spacial score (nSPS) is 20.9. The van der Waals surface area contributed by atoms with Crippen molar-refractivity contribution in [2.45, 2.75) is 44.7 Å². The fraction of sp³-hybridized carbons (Fsp3) is 0.480. The largest absolute Gasteiger partial charge is 0.493 e. The van der Waals surface area contributed by atoms with Gasteiger partial charge in [-0.05, 0) is 36.6 Å². The number of methoxy groups -OCH3 is 2. The SMILES string of the molecule is COc1cc2c(cc1OC)[C@@H](CNC(=O)C1CCCC1)[NH+](Cc1ccccc1F)CC2. The van der Waals surface area contributed by atoms with Crippen molar-refractivity contribution >= 4 is 5.91 Å². The first kappa shape index (κ1) is 21.6. The summed E-state index contributed by atoms with van der Waals surface area (Å²) in [7, 11) is 3.27. The molecular formula is C25H32FN2O3+. The Kier molecular flexibility index (Phi) is 6.76. The predicted octanol–water partition coefficient (Wildman–Crippen LogP) is 2.83. The van der Waals surface area contributed by atoms with E-state index in [1.165, 1.54) is 16.5 Å². The number of quaternary nitrogens is 1. The van der Waals surface area contributed by atoms with Gasteiger partial charge in [0, 0.05) is 23.5 Å². The van der Waals surface area contributed by atoms with E-state index in [1.807, 2.05) is 24.3 Å². The Morgan fingerprint density at radius 3 is 2.55 bits per heavy atom. The Labute approximate surface area is 183 Å². The lowest BCUT2D eigenvalue weighted by Gasteiger charge is -2.35. The fourth-order valence-corrected chi connectivity index (χ4v) is 5.05. The van der Waals surface area contributed by atoms with E-state index in [-0.39, 0.29) is 23.7 Å². The molecule has 1 aliphatic heterocycles. The topological polar surface area (TPSA) is 52.0 Å². The molecule has 1 amide bonds. The monoisotopic (exact) mass is 427 g/mol. The van der Waals surface area contributed by atoms with Crippen LogP contribution in [0.3, 0.4) is 0 Å². The summed E-state index contributed by atoms with van der Waals surface area (Å²) in [5, 5.41) is 3.21. The number of halogens is 1. The molecule has 2 aliphatic rings. The molecule has 5 nitrogen and oxygen atoms in total. The van der Waals surface area contributed by atoms with Gasteiger partial charge in [0.05, 0.1) is 27.3 Å². The van der Waals surface area contributed by atoms with Gasteiger partial charge in [-0.1, -0.05) is 31.0 Å². The molecule has 1 aliphatic carbocycles. The first-order valence-corrected chi connectivity index (χ1v) is 11.2. The van der Waals surface area contributed by atoms with E-state index in [0.29, 0.717) is 30.2 Å². The summed E-state index contributed by atoms with van der Waals surface area (Å²) in [5.74, 6) is 1.49. The minimum absolute atomic E-state index is 0.0218. The second-order valence-electron chi connectivity index (χ2n) is 8.61. The number of hydrogen-bond donors (Lipinski definition) is 2. The number of nitrogens with one attached hydrogen (secondary N) is 2. The number of benzene rings is 2. The van der Waals surface area contributed by atoms with Gasteiger partial charge in [-0.15, -0.1) is 0 Å². The molecule has 2 aromatic rings. The Morgan fingerprint density at radius 2 is 1.84 bits per heavy atom. The number of ether oxygens (including phenoxy) is 2. The molecule has 2 aromatic carbocycles. The summed E-state index contributed by atoms with van der Waals surface area (Å²) in [5.41, 5.74) is 3.05. The number of hydrogen-bond acceptors (Lipinski definition) is 3. The van der Waals surface area contributed by atoms with E-state index in [4.69, 9.17) is 9.47 Å². The lowest BCUT2D eigenvalue weighted by molar-refractivity contribution is -0.946. The van der Waals surface area contributed by atoms with Gasteiger partial charge in [-0.2, -0.15) is 0 Å². The maximum atomic E-state index is 14.4. The average molecular weight is 428 g/mol. The third-order valence-electron chi connectivity index (χ3n) is 6.81. The molecule has 2 N–H and O–H groups in total. The molecule has 1 saturated carbocycles. The maximum absolute atomic E-state index is 14.4. The summed E-state index contributed by atoms with van der Waals surface area (Å²) in [6, 6.07) is 11.0. The highest BCUT2D eigenvalue weighted by molar-refractivity contribution is 5.78. The van der Waals surface area contributed by atoms with Crippen LogP contribution in [0.25, 0.3) is 0 Å². The summed E-state index contributed by atoms with van der Waals surface area (Å²) in [6.07, 6.45) is 5.08. The zero-order chi connectivity index (χ0) is 21.8. The van der Waals surface area contributed by atoms with Crippen molar-refractivity contribution in [1.29, 1.82) is 0 Å². The second-order valence-corrected chi connectivity index (χ2v) is 8.61. The number of carbonyl (C=O) groups excluding carboxylic acids is 1. The number of carbonyl (C=O) groups is 1. The minimum Gasteiger partial charge on any atom is -0.493 e. The number of fused-ring (bicyclic) bond motifs is 1. The first-order chi connectivity index (χ1) is 15.1. The van der Waals surface area contributed by atoms with E-state index >= 15 is 0 Å². The Bertz CT molecular complexity index is 927. The molecule has 0 saturated heterocycles. The van der Waals surface area contributed by atoms with Crippen molar-refractivity contribution in [2.75, 3.05) is 27.3 Å². The smallest absolute Gasteiger partial charge is 0.223 e. The molecule has 0 spiro atoms. The summed E-state index contributed by atoms with van der Waals surface area (Å²) in [6.45, 7) is 1.97. The lowest BCUT2D eigenvalue weighted by Crippen LogP contribution is -3.12. The molecule has 0 bridgehead atoms. The van der Waals surface area contributed by atoms with E-state index in [0.717, 1.165) is 44.2 Å². The summed E-state index contributed by atoms with van der Waals surface area (Å²) in [4.78, 5) is 14.0. The van der Waals surface area contributed by atoms with Gasteiger partial charge in [0.15, 0.2) is 11.5 Å². The minimum atomic E-state index is -0.179. The predicted molar refractivity (Wildman–Crippen MR) is 117 cm³/mol. The van der Waals surface area contributed by atoms with Crippen molar-refractivity contribution < 1.29 is 23.6 Å². The average Bonchev–Trinajstić information content (AvgIpc) is 3.33. The molecule has 2 atom stereocenters. The van der Waals surface area contributed by atoms with Crippen LogP contribution >= 0.6 is 0 Å². The van der Waals surface area contributed by atoms with Gasteiger partial charge < -0.3 is 19.7 Å². The van der Waals surface area contributed by atoms with Crippen molar-refractivity contribution in [2.24, 2.45) is 5.92 Å². The quantitative estimate of drug-likeness (QED) is 0.715. The zero-order valence-electron chi connectivity index (χ0n) is 18.4. The van der Waals surface area contributed by atoms with Gasteiger partial charge in [-0.3, -0.25) is 4.79 Å². The molecule has 4 rings (SSSR count). The number of rotatable bonds is 7. The van der Waals surface area contributed by atoms with Crippen molar-refractivity contribution in [1.82, 2.24) is 5.32 Å². The molecular weight excluding hydrogens is 395 g/mol. The Hall–Kier alpha value is -2.60. The van der Waals surface area contributed by atoms with Crippen LogP contribution in [0.4, 0.5) is 4.39 Å². The summed E-state index contributed by atoms with van der Waals surface area (Å²) >= 11 is 0. The standard InChI is InChI=1S/C25H31FN2O3/c1-30-23-13-18-11-12-28(16-19-9-5-6-10-21(19)26)22(20(18)14-24(23)31-2)15-27-25(29)17-7-3-4-8-17/h5-6,9-10,13-14,17,22H,3-4,7-8,11-12,15-16H2,1-2H3,(H,27,29)/p+1/t22-/m1/s1. The first-order valence-electron chi connectivity index (χ1n) is 11.2. The van der Waals surface area contributed by atoms with Gasteiger partial charge in [0.2, 0.25) is 5.91 Å². The van der Waals surface area contributed by atoms with Crippen LogP contribution in [0, 0.1) is 11.7 Å². The van der Waals surface area contributed by atoms with Crippen LogP contribution in [0.5, 0.6) is 11.5 Å². The Morgan fingerprint density at radius 1 is 1.13 bits per heavy atom. The zero-order valence-corrected chi connectivity index (χ0v) is 18.4. The molecule has 166 valence electrons. The molecule has 1 unspecified atom stereocenters. The van der Waals surface area contributed by atoms with Crippen LogP contribution in [0.2, 0.25) is 0 Å². The third-order valence-corrected chi connectivity index (χ3v) is 6.81. The molecule has 1 fully saturated rings. The van der Waals surface area contributed by atoms with Crippen LogP contribution in [-0.4, -0.2) is 33.2 Å². The molecule has 0 radical (unpaired) electrons. The van der Waals surface area contributed by atoms with Gasteiger partial charge in [-0.25, -0.2) is 4.39 Å². The van der Waals surface area contributed by atoms with Crippen LogP contribution in [0.15, 0.2) is 36.4 Å². The van der Waals surface area contributed by atoms with E-state index in [1.54, 1.807) is 20.3 Å². The van der Waals surface area contributed by atoms with Crippen molar-refractivity contribution in [3.05, 3.63) is 58.9 Å². The van der Waals surface area contributed by atoms with E-state index < -0.39 is 0 Å². The molecule has 1 heterocycles. The third kappa shape index (κ3) is 4.69. The van der Waals surface area contributed by atoms with E-state index in [2.05, 4.69) is 5.32 Å². The van der Waals surface area contributed by atoms with Gasteiger partial charge >= 0.3 is 0 Å². The molecule has 31 heavy (non-hydrogen) atoms. The highest BCUT2D eigenvalue weighted by Gasteiger charge is 2.34. The van der Waals surface area contributed by atoms with Gasteiger partial charge in [0.25, 0.3) is 0 Å². The van der Waals surface area contributed by atoms with Crippen LogP contribution in [-0.2, 0) is 17.8 Å². The lowest BCUT2D eigenvalue weighted by atomic mass is 9.91. The highest BCUT2D eigenvalue weighted by atomic mass is 19.1. The van der Waals surface area contributed by atoms with E-state index in [9.17, 15) is 9.18 Å². The molecule has 6 heteroatoms. The van der Waals surface area contributed by atoms with Gasteiger partial charge in [0.1, 0.15) is 18.4 Å². The van der Waals surface area contributed by atoms with Crippen molar-refractivity contribution in [3.8, 4) is 11.5 Å². The summed E-state index contributed by atoms with van der Waals surface area (Å²) < 4.78 is 25.4. The Balaban J connectivity index is 1.61. The van der Waals surface area contributed by atoms with Crippen LogP contribution < -0.4 is 19.7 Å². The molecule has 0 aromatic heterocycles.